The number of carbonyl (C=O) groups excluding carboxylic acids is 1. The standard InChI is InChI=1S/C13H14N4O2/c1-10-5-11(17-9-16-10)6-15-13(18)8-19-12-3-2-4-14-7-12/h2-5,7,9H,6,8H2,1H3,(H,15,18). The van der Waals surface area contributed by atoms with Crippen molar-refractivity contribution in [3.63, 3.8) is 0 Å². The van der Waals surface area contributed by atoms with Gasteiger partial charge in [0.25, 0.3) is 5.91 Å². The molecule has 6 nitrogen and oxygen atoms in total. The summed E-state index contributed by atoms with van der Waals surface area (Å²) in [5.41, 5.74) is 1.63. The van der Waals surface area contributed by atoms with Crippen LogP contribution < -0.4 is 10.1 Å². The molecule has 2 rings (SSSR count). The zero-order valence-electron chi connectivity index (χ0n) is 10.5. The Morgan fingerprint density at radius 2 is 2.32 bits per heavy atom. The van der Waals surface area contributed by atoms with Gasteiger partial charge in [-0.3, -0.25) is 9.78 Å². The molecule has 6 heteroatoms. The third-order valence-electron chi connectivity index (χ3n) is 2.33. The van der Waals surface area contributed by atoms with Crippen molar-refractivity contribution >= 4 is 5.91 Å². The maximum absolute atomic E-state index is 11.6. The first kappa shape index (κ1) is 12.9. The number of hydrogen-bond donors (Lipinski definition) is 1. The minimum atomic E-state index is -0.208. The van der Waals surface area contributed by atoms with Gasteiger partial charge in [-0.2, -0.15) is 0 Å². The molecule has 0 atom stereocenters. The van der Waals surface area contributed by atoms with E-state index in [9.17, 15) is 4.79 Å². The van der Waals surface area contributed by atoms with Gasteiger partial charge >= 0.3 is 0 Å². The van der Waals surface area contributed by atoms with Crippen LogP contribution in [0.25, 0.3) is 0 Å². The van der Waals surface area contributed by atoms with Crippen molar-refractivity contribution in [1.29, 1.82) is 0 Å². The lowest BCUT2D eigenvalue weighted by atomic mass is 10.3. The van der Waals surface area contributed by atoms with E-state index in [-0.39, 0.29) is 12.5 Å². The highest BCUT2D eigenvalue weighted by molar-refractivity contribution is 5.77. The summed E-state index contributed by atoms with van der Waals surface area (Å²) in [5, 5.41) is 2.72. The summed E-state index contributed by atoms with van der Waals surface area (Å²) >= 11 is 0. The molecule has 0 radical (unpaired) electrons. The van der Waals surface area contributed by atoms with E-state index in [1.807, 2.05) is 13.0 Å². The third kappa shape index (κ3) is 4.34. The summed E-state index contributed by atoms with van der Waals surface area (Å²) in [4.78, 5) is 23.5. The van der Waals surface area contributed by atoms with Gasteiger partial charge in [0.15, 0.2) is 6.61 Å². The van der Waals surface area contributed by atoms with Crippen LogP contribution in [0.3, 0.4) is 0 Å². The number of nitrogens with one attached hydrogen (secondary N) is 1. The van der Waals surface area contributed by atoms with E-state index in [1.165, 1.54) is 6.33 Å². The quantitative estimate of drug-likeness (QED) is 0.861. The predicted molar refractivity (Wildman–Crippen MR) is 68.3 cm³/mol. The molecule has 2 aromatic rings. The van der Waals surface area contributed by atoms with E-state index >= 15 is 0 Å². The van der Waals surface area contributed by atoms with Crippen LogP contribution in [0.4, 0.5) is 0 Å². The zero-order valence-corrected chi connectivity index (χ0v) is 10.5. The molecular formula is C13H14N4O2. The molecule has 0 aromatic carbocycles. The van der Waals surface area contributed by atoms with Gasteiger partial charge in [0, 0.05) is 11.9 Å². The summed E-state index contributed by atoms with van der Waals surface area (Å²) in [5.74, 6) is 0.357. The fraction of sp³-hybridized carbons (Fsp3) is 0.231. The molecule has 1 amide bonds. The normalized spacial score (nSPS) is 9.95. The van der Waals surface area contributed by atoms with Crippen molar-refractivity contribution in [3.05, 3.63) is 48.3 Å². The van der Waals surface area contributed by atoms with Gasteiger partial charge in [-0.25, -0.2) is 9.97 Å². The number of carbonyl (C=O) groups is 1. The number of nitrogens with zero attached hydrogens (tertiary/aromatic N) is 3. The third-order valence-corrected chi connectivity index (χ3v) is 2.33. The number of pyridine rings is 1. The largest absolute Gasteiger partial charge is 0.482 e. The molecule has 0 aliphatic carbocycles. The van der Waals surface area contributed by atoms with Gasteiger partial charge in [-0.1, -0.05) is 0 Å². The Morgan fingerprint density at radius 3 is 3.05 bits per heavy atom. The number of amides is 1. The van der Waals surface area contributed by atoms with Gasteiger partial charge in [0.05, 0.1) is 18.4 Å². The van der Waals surface area contributed by atoms with Crippen molar-refractivity contribution in [1.82, 2.24) is 20.3 Å². The van der Waals surface area contributed by atoms with E-state index in [1.54, 1.807) is 24.5 Å². The molecule has 0 spiro atoms. The fourth-order valence-corrected chi connectivity index (χ4v) is 1.43. The summed E-state index contributed by atoms with van der Waals surface area (Å²) in [6.07, 6.45) is 4.67. The average Bonchev–Trinajstić information content (AvgIpc) is 2.44. The van der Waals surface area contributed by atoms with Crippen molar-refractivity contribution in [2.75, 3.05) is 6.61 Å². The Labute approximate surface area is 110 Å². The lowest BCUT2D eigenvalue weighted by Crippen LogP contribution is -2.28. The van der Waals surface area contributed by atoms with Crippen LogP contribution in [0.15, 0.2) is 36.9 Å². The van der Waals surface area contributed by atoms with Crippen molar-refractivity contribution in [2.24, 2.45) is 0 Å². The Kier molecular flexibility index (Phi) is 4.39. The maximum atomic E-state index is 11.6. The van der Waals surface area contributed by atoms with Gasteiger partial charge in [-0.15, -0.1) is 0 Å². The average molecular weight is 258 g/mol. The van der Waals surface area contributed by atoms with Crippen LogP contribution in [-0.4, -0.2) is 27.5 Å². The molecule has 0 unspecified atom stereocenters. The van der Waals surface area contributed by atoms with Gasteiger partial charge in [-0.05, 0) is 25.1 Å². The molecule has 2 aromatic heterocycles. The molecule has 0 aliphatic heterocycles. The Bertz CT molecular complexity index is 545. The monoisotopic (exact) mass is 258 g/mol. The van der Waals surface area contributed by atoms with Gasteiger partial charge < -0.3 is 10.1 Å². The lowest BCUT2D eigenvalue weighted by molar-refractivity contribution is -0.123. The zero-order chi connectivity index (χ0) is 13.5. The highest BCUT2D eigenvalue weighted by Crippen LogP contribution is 2.05. The number of aromatic nitrogens is 3. The smallest absolute Gasteiger partial charge is 0.258 e. The maximum Gasteiger partial charge on any atom is 0.258 e. The summed E-state index contributed by atoms with van der Waals surface area (Å²) < 4.78 is 5.27. The highest BCUT2D eigenvalue weighted by atomic mass is 16.5. The number of ether oxygens (including phenoxy) is 1. The van der Waals surface area contributed by atoms with E-state index in [0.717, 1.165) is 11.4 Å². The molecule has 0 saturated heterocycles. The second-order valence-electron chi connectivity index (χ2n) is 3.90. The summed E-state index contributed by atoms with van der Waals surface area (Å²) in [6.45, 7) is 2.19. The predicted octanol–water partition coefficient (Wildman–Crippen LogP) is 0.875. The molecule has 0 fully saturated rings. The van der Waals surface area contributed by atoms with Crippen LogP contribution in [0.1, 0.15) is 11.4 Å². The van der Waals surface area contributed by atoms with E-state index in [4.69, 9.17) is 4.74 Å². The first-order valence-corrected chi connectivity index (χ1v) is 5.81. The number of rotatable bonds is 5. The molecule has 1 N–H and O–H groups in total. The first-order chi connectivity index (χ1) is 9.24. The van der Waals surface area contributed by atoms with Crippen molar-refractivity contribution in [2.45, 2.75) is 13.5 Å². The highest BCUT2D eigenvalue weighted by Gasteiger charge is 2.03. The minimum Gasteiger partial charge on any atom is -0.482 e. The molecule has 0 aliphatic rings. The van der Waals surface area contributed by atoms with Crippen LogP contribution in [-0.2, 0) is 11.3 Å². The van der Waals surface area contributed by atoms with Crippen LogP contribution >= 0.6 is 0 Å². The Balaban J connectivity index is 1.76. The van der Waals surface area contributed by atoms with Gasteiger partial charge in [0.2, 0.25) is 0 Å². The van der Waals surface area contributed by atoms with Gasteiger partial charge in [0.1, 0.15) is 12.1 Å². The van der Waals surface area contributed by atoms with Crippen LogP contribution in [0.5, 0.6) is 5.75 Å². The van der Waals surface area contributed by atoms with Crippen LogP contribution in [0.2, 0.25) is 0 Å². The van der Waals surface area contributed by atoms with Crippen LogP contribution in [0, 0.1) is 6.92 Å². The molecule has 0 saturated carbocycles. The second kappa shape index (κ2) is 6.44. The molecule has 0 bridgehead atoms. The van der Waals surface area contributed by atoms with E-state index in [2.05, 4.69) is 20.3 Å². The van der Waals surface area contributed by atoms with E-state index in [0.29, 0.717) is 12.3 Å². The molecule has 2 heterocycles. The number of hydrogen-bond acceptors (Lipinski definition) is 5. The summed E-state index contributed by atoms with van der Waals surface area (Å²) in [7, 11) is 0. The SMILES string of the molecule is Cc1cc(CNC(=O)COc2cccnc2)ncn1. The lowest BCUT2D eigenvalue weighted by Gasteiger charge is -2.06. The second-order valence-corrected chi connectivity index (χ2v) is 3.90. The topological polar surface area (TPSA) is 77.0 Å². The number of aryl methyl sites for hydroxylation is 1. The van der Waals surface area contributed by atoms with Crippen molar-refractivity contribution in [3.8, 4) is 5.75 Å². The minimum absolute atomic E-state index is 0.0459. The van der Waals surface area contributed by atoms with E-state index < -0.39 is 0 Å². The first-order valence-electron chi connectivity index (χ1n) is 5.81. The summed E-state index contributed by atoms with van der Waals surface area (Å²) in [6, 6.07) is 5.31. The molecule has 19 heavy (non-hydrogen) atoms. The molecular weight excluding hydrogens is 244 g/mol. The fourth-order valence-electron chi connectivity index (χ4n) is 1.43. The molecule has 98 valence electrons. The Hall–Kier alpha value is -2.50. The van der Waals surface area contributed by atoms with Crippen molar-refractivity contribution < 1.29 is 9.53 Å². The Morgan fingerprint density at radius 1 is 1.42 bits per heavy atom.